The molecule has 2 aromatic rings. The molecule has 0 aliphatic heterocycles. The topological polar surface area (TPSA) is 35.8 Å². The number of anilines is 1. The number of halogens is 2. The highest BCUT2D eigenvalue weighted by molar-refractivity contribution is 5.48. The molecule has 96 valence electrons. The Hall–Kier alpha value is -2.41. The molecular formula is C15H12F2N2. The predicted molar refractivity (Wildman–Crippen MR) is 69.6 cm³/mol. The van der Waals surface area contributed by atoms with E-state index in [4.69, 9.17) is 5.26 Å². The van der Waals surface area contributed by atoms with Gasteiger partial charge in [0, 0.05) is 17.3 Å². The first-order valence-electron chi connectivity index (χ1n) is 5.82. The molecule has 0 aliphatic rings. The zero-order valence-electron chi connectivity index (χ0n) is 10.3. The van der Waals surface area contributed by atoms with Crippen LogP contribution in [-0.4, -0.2) is 0 Å². The number of hydrogen-bond donors (Lipinski definition) is 1. The summed E-state index contributed by atoms with van der Waals surface area (Å²) in [5.74, 6) is -1.17. The van der Waals surface area contributed by atoms with E-state index in [1.807, 2.05) is 6.07 Å². The third-order valence-electron chi connectivity index (χ3n) is 2.83. The lowest BCUT2D eigenvalue weighted by molar-refractivity contribution is 0.566. The molecule has 0 radical (unpaired) electrons. The van der Waals surface area contributed by atoms with Crippen molar-refractivity contribution in [3.63, 3.8) is 0 Å². The van der Waals surface area contributed by atoms with E-state index in [9.17, 15) is 8.78 Å². The van der Waals surface area contributed by atoms with Gasteiger partial charge in [0.1, 0.15) is 11.6 Å². The highest BCUT2D eigenvalue weighted by Crippen LogP contribution is 2.22. The molecule has 0 heterocycles. The average Bonchev–Trinajstić information content (AvgIpc) is 2.39. The predicted octanol–water partition coefficient (Wildman–Crippen LogP) is 4.01. The standard InChI is InChI=1S/C15H12F2N2/c1-10(14-7-4-12(16)8-15(14)17)19-13-5-2-11(9-18)3-6-13/h2-8,10,19H,1H3. The fourth-order valence-electron chi connectivity index (χ4n) is 1.82. The van der Waals surface area contributed by atoms with Crippen molar-refractivity contribution >= 4 is 5.69 Å². The number of hydrogen-bond acceptors (Lipinski definition) is 2. The molecule has 0 bridgehead atoms. The van der Waals surface area contributed by atoms with Crippen molar-refractivity contribution in [2.24, 2.45) is 0 Å². The third kappa shape index (κ3) is 3.08. The molecule has 1 N–H and O–H groups in total. The van der Waals surface area contributed by atoms with E-state index < -0.39 is 11.6 Å². The van der Waals surface area contributed by atoms with Crippen LogP contribution in [0.4, 0.5) is 14.5 Å². The third-order valence-corrected chi connectivity index (χ3v) is 2.83. The van der Waals surface area contributed by atoms with Crippen molar-refractivity contribution in [1.29, 1.82) is 5.26 Å². The average molecular weight is 258 g/mol. The van der Waals surface area contributed by atoms with Gasteiger partial charge in [-0.25, -0.2) is 8.78 Å². The van der Waals surface area contributed by atoms with Gasteiger partial charge in [0.15, 0.2) is 0 Å². The normalized spacial score (nSPS) is 11.7. The molecular weight excluding hydrogens is 246 g/mol. The summed E-state index contributed by atoms with van der Waals surface area (Å²) in [4.78, 5) is 0. The lowest BCUT2D eigenvalue weighted by Gasteiger charge is -2.16. The maximum atomic E-state index is 13.6. The molecule has 0 aliphatic carbocycles. The summed E-state index contributed by atoms with van der Waals surface area (Å²) in [6.45, 7) is 1.79. The highest BCUT2D eigenvalue weighted by Gasteiger charge is 2.11. The van der Waals surface area contributed by atoms with Crippen LogP contribution in [0.3, 0.4) is 0 Å². The summed E-state index contributed by atoms with van der Waals surface area (Å²) >= 11 is 0. The number of benzene rings is 2. The molecule has 0 fully saturated rings. The Labute approximate surface area is 110 Å². The van der Waals surface area contributed by atoms with Crippen molar-refractivity contribution in [2.45, 2.75) is 13.0 Å². The Kier molecular flexibility index (Phi) is 3.76. The minimum atomic E-state index is -0.591. The fourth-order valence-corrected chi connectivity index (χ4v) is 1.82. The van der Waals surface area contributed by atoms with Crippen LogP contribution in [0, 0.1) is 23.0 Å². The van der Waals surface area contributed by atoms with Gasteiger partial charge in [-0.15, -0.1) is 0 Å². The summed E-state index contributed by atoms with van der Waals surface area (Å²) in [6, 6.07) is 12.1. The summed E-state index contributed by atoms with van der Waals surface area (Å²) in [7, 11) is 0. The molecule has 0 saturated carbocycles. The van der Waals surface area contributed by atoms with E-state index in [1.165, 1.54) is 12.1 Å². The first kappa shape index (κ1) is 13.0. The van der Waals surface area contributed by atoms with Gasteiger partial charge in [-0.2, -0.15) is 5.26 Å². The van der Waals surface area contributed by atoms with Crippen molar-refractivity contribution in [2.75, 3.05) is 5.32 Å². The van der Waals surface area contributed by atoms with Gasteiger partial charge in [-0.05, 0) is 37.3 Å². The van der Waals surface area contributed by atoms with Crippen LogP contribution in [0.2, 0.25) is 0 Å². The monoisotopic (exact) mass is 258 g/mol. The molecule has 4 heteroatoms. The van der Waals surface area contributed by atoms with E-state index in [2.05, 4.69) is 5.32 Å². The second-order valence-electron chi connectivity index (χ2n) is 4.22. The summed E-state index contributed by atoms with van der Waals surface area (Å²) in [5.41, 5.74) is 1.73. The van der Waals surface area contributed by atoms with Crippen molar-refractivity contribution in [1.82, 2.24) is 0 Å². The van der Waals surface area contributed by atoms with Crippen LogP contribution in [0.15, 0.2) is 42.5 Å². The maximum Gasteiger partial charge on any atom is 0.131 e. The Morgan fingerprint density at radius 3 is 2.37 bits per heavy atom. The largest absolute Gasteiger partial charge is 0.378 e. The number of nitriles is 1. The van der Waals surface area contributed by atoms with Gasteiger partial charge in [0.05, 0.1) is 17.7 Å². The zero-order valence-corrected chi connectivity index (χ0v) is 10.3. The number of nitrogens with one attached hydrogen (secondary N) is 1. The van der Waals surface area contributed by atoms with Crippen LogP contribution in [0.5, 0.6) is 0 Å². The highest BCUT2D eigenvalue weighted by atomic mass is 19.1. The number of nitrogens with zero attached hydrogens (tertiary/aromatic N) is 1. The second kappa shape index (κ2) is 5.49. The summed E-state index contributed by atoms with van der Waals surface area (Å²) in [6.07, 6.45) is 0. The Balaban J connectivity index is 2.16. The first-order chi connectivity index (χ1) is 9.10. The van der Waals surface area contributed by atoms with Crippen LogP contribution in [0.25, 0.3) is 0 Å². The molecule has 2 aromatic carbocycles. The molecule has 19 heavy (non-hydrogen) atoms. The van der Waals surface area contributed by atoms with Gasteiger partial charge in [0.2, 0.25) is 0 Å². The molecule has 2 nitrogen and oxygen atoms in total. The molecule has 0 amide bonds. The quantitative estimate of drug-likeness (QED) is 0.902. The van der Waals surface area contributed by atoms with Gasteiger partial charge < -0.3 is 5.32 Å². The molecule has 0 spiro atoms. The van der Waals surface area contributed by atoms with E-state index in [0.717, 1.165) is 11.8 Å². The van der Waals surface area contributed by atoms with E-state index in [0.29, 0.717) is 11.1 Å². The van der Waals surface area contributed by atoms with E-state index in [-0.39, 0.29) is 6.04 Å². The van der Waals surface area contributed by atoms with Gasteiger partial charge >= 0.3 is 0 Å². The smallest absolute Gasteiger partial charge is 0.131 e. The van der Waals surface area contributed by atoms with Crippen LogP contribution < -0.4 is 5.32 Å². The van der Waals surface area contributed by atoms with E-state index in [1.54, 1.807) is 31.2 Å². The lowest BCUT2D eigenvalue weighted by Crippen LogP contribution is -2.08. The minimum absolute atomic E-state index is 0.298. The first-order valence-corrected chi connectivity index (χ1v) is 5.82. The summed E-state index contributed by atoms with van der Waals surface area (Å²) < 4.78 is 26.4. The Morgan fingerprint density at radius 1 is 1.11 bits per heavy atom. The molecule has 0 saturated heterocycles. The van der Waals surface area contributed by atoms with Gasteiger partial charge in [-0.1, -0.05) is 6.07 Å². The van der Waals surface area contributed by atoms with Crippen molar-refractivity contribution in [3.05, 3.63) is 65.2 Å². The van der Waals surface area contributed by atoms with Crippen LogP contribution in [-0.2, 0) is 0 Å². The number of rotatable bonds is 3. The molecule has 1 unspecified atom stereocenters. The Morgan fingerprint density at radius 2 is 1.79 bits per heavy atom. The zero-order chi connectivity index (χ0) is 13.8. The molecule has 2 rings (SSSR count). The molecule has 1 atom stereocenters. The summed E-state index contributed by atoms with van der Waals surface area (Å²) in [5, 5.41) is 11.8. The minimum Gasteiger partial charge on any atom is -0.378 e. The second-order valence-corrected chi connectivity index (χ2v) is 4.22. The van der Waals surface area contributed by atoms with Crippen LogP contribution >= 0.6 is 0 Å². The van der Waals surface area contributed by atoms with Crippen molar-refractivity contribution in [3.8, 4) is 6.07 Å². The lowest BCUT2D eigenvalue weighted by atomic mass is 10.1. The van der Waals surface area contributed by atoms with Gasteiger partial charge in [0.25, 0.3) is 0 Å². The maximum absolute atomic E-state index is 13.6. The van der Waals surface area contributed by atoms with E-state index >= 15 is 0 Å². The van der Waals surface area contributed by atoms with Crippen LogP contribution in [0.1, 0.15) is 24.1 Å². The molecule has 0 aromatic heterocycles. The SMILES string of the molecule is CC(Nc1ccc(C#N)cc1)c1ccc(F)cc1F. The van der Waals surface area contributed by atoms with Gasteiger partial charge in [-0.3, -0.25) is 0 Å². The van der Waals surface area contributed by atoms with Crippen molar-refractivity contribution < 1.29 is 8.78 Å². The fraction of sp³-hybridized carbons (Fsp3) is 0.133. The Bertz CT molecular complexity index is 615.